The molecule has 1 aliphatic rings. The summed E-state index contributed by atoms with van der Waals surface area (Å²) in [6.45, 7) is 1.56. The van der Waals surface area contributed by atoms with Gasteiger partial charge in [0.15, 0.2) is 0 Å². The molecular formula is C23H23FN4O3. The third-order valence-electron chi connectivity index (χ3n) is 5.38. The van der Waals surface area contributed by atoms with Gasteiger partial charge in [-0.25, -0.2) is 9.18 Å². The van der Waals surface area contributed by atoms with Gasteiger partial charge >= 0.3 is 6.03 Å². The first kappa shape index (κ1) is 20.6. The Morgan fingerprint density at radius 2 is 2.00 bits per heavy atom. The number of carbonyl (C=O) groups excluding carboxylic acids is 2. The fourth-order valence-corrected chi connectivity index (χ4v) is 3.61. The van der Waals surface area contributed by atoms with E-state index in [1.165, 1.54) is 29.8 Å². The molecule has 0 aliphatic heterocycles. The Bertz CT molecular complexity index is 1140. The number of phenolic OH excluding ortho intramolecular Hbond substituents is 1. The van der Waals surface area contributed by atoms with E-state index in [2.05, 4.69) is 15.7 Å². The third-order valence-corrected chi connectivity index (χ3v) is 5.38. The smallest absolute Gasteiger partial charge is 0.342 e. The van der Waals surface area contributed by atoms with E-state index in [0.29, 0.717) is 22.5 Å². The van der Waals surface area contributed by atoms with Gasteiger partial charge in [0.2, 0.25) is 5.91 Å². The number of nitrogens with one attached hydrogen (secondary N) is 2. The molecule has 4 rings (SSSR count). The molecule has 0 atom stereocenters. The molecule has 0 spiro atoms. The van der Waals surface area contributed by atoms with Crippen LogP contribution in [0.4, 0.5) is 14.9 Å². The average Bonchev–Trinajstić information content (AvgIpc) is 3.09. The highest BCUT2D eigenvalue weighted by atomic mass is 19.1. The maximum absolute atomic E-state index is 13.4. The second-order valence-corrected chi connectivity index (χ2v) is 7.70. The number of aromatic hydroxyl groups is 1. The molecule has 3 aromatic rings. The van der Waals surface area contributed by atoms with E-state index in [-0.39, 0.29) is 29.9 Å². The number of phenols is 1. The number of anilines is 1. The molecule has 31 heavy (non-hydrogen) atoms. The highest BCUT2D eigenvalue weighted by Gasteiger charge is 2.27. The van der Waals surface area contributed by atoms with Gasteiger partial charge in [0.05, 0.1) is 11.4 Å². The fourth-order valence-electron chi connectivity index (χ4n) is 3.61. The van der Waals surface area contributed by atoms with E-state index < -0.39 is 6.03 Å². The largest absolute Gasteiger partial charge is 0.507 e. The highest BCUT2D eigenvalue weighted by molar-refractivity contribution is 5.89. The zero-order valence-corrected chi connectivity index (χ0v) is 17.1. The van der Waals surface area contributed by atoms with Crippen LogP contribution in [0.3, 0.4) is 0 Å². The van der Waals surface area contributed by atoms with Gasteiger partial charge in [-0.05, 0) is 48.7 Å². The molecule has 3 N–H and O–H groups in total. The van der Waals surface area contributed by atoms with Crippen LogP contribution in [0.25, 0.3) is 11.3 Å². The summed E-state index contributed by atoms with van der Waals surface area (Å²) in [6.07, 6.45) is 3.03. The third kappa shape index (κ3) is 4.58. The van der Waals surface area contributed by atoms with Crippen LogP contribution in [-0.4, -0.2) is 26.8 Å². The van der Waals surface area contributed by atoms with E-state index in [1.807, 2.05) is 6.07 Å². The number of carbonyl (C=O) groups is 2. The zero-order valence-electron chi connectivity index (χ0n) is 17.1. The van der Waals surface area contributed by atoms with Crippen LogP contribution in [0.1, 0.15) is 43.4 Å². The summed E-state index contributed by atoms with van der Waals surface area (Å²) in [7, 11) is 0. The average molecular weight is 422 g/mol. The van der Waals surface area contributed by atoms with Gasteiger partial charge in [-0.1, -0.05) is 18.6 Å². The first-order chi connectivity index (χ1) is 14.9. The Balaban J connectivity index is 1.59. The van der Waals surface area contributed by atoms with Crippen LogP contribution in [0.15, 0.2) is 48.5 Å². The molecule has 1 fully saturated rings. The van der Waals surface area contributed by atoms with Gasteiger partial charge in [-0.3, -0.25) is 4.79 Å². The first-order valence-corrected chi connectivity index (χ1v) is 10.1. The summed E-state index contributed by atoms with van der Waals surface area (Å²) < 4.78 is 14.7. The van der Waals surface area contributed by atoms with Crippen molar-refractivity contribution in [2.75, 3.05) is 5.32 Å². The molecule has 0 radical (unpaired) electrons. The quantitative estimate of drug-likeness (QED) is 0.569. The van der Waals surface area contributed by atoms with Crippen molar-refractivity contribution in [2.45, 2.75) is 38.6 Å². The SMILES string of the molecule is CC(=O)Nc1ccc(-c2cc(C3CCC3)n(C(=O)NCc3cccc(F)c3)n2)c(O)c1. The number of nitrogens with zero attached hydrogens (tertiary/aromatic N) is 2. The molecular weight excluding hydrogens is 399 g/mol. The summed E-state index contributed by atoms with van der Waals surface area (Å²) in [4.78, 5) is 24.1. The number of halogens is 1. The summed E-state index contributed by atoms with van der Waals surface area (Å²) >= 11 is 0. The molecule has 8 heteroatoms. The second kappa shape index (κ2) is 8.59. The molecule has 7 nitrogen and oxygen atoms in total. The lowest BCUT2D eigenvalue weighted by molar-refractivity contribution is -0.114. The molecule has 0 saturated heterocycles. The van der Waals surface area contributed by atoms with Crippen LogP contribution >= 0.6 is 0 Å². The van der Waals surface area contributed by atoms with Crippen molar-refractivity contribution in [3.63, 3.8) is 0 Å². The van der Waals surface area contributed by atoms with E-state index >= 15 is 0 Å². The number of rotatable bonds is 5. The van der Waals surface area contributed by atoms with Crippen molar-refractivity contribution in [2.24, 2.45) is 0 Å². The maximum atomic E-state index is 13.4. The minimum atomic E-state index is -0.410. The van der Waals surface area contributed by atoms with Crippen molar-refractivity contribution < 1.29 is 19.1 Å². The standard InChI is InChI=1S/C23H23FN4O3/c1-14(29)26-18-8-9-19(22(30)11-18)20-12-21(16-5-3-6-16)28(27-20)23(31)25-13-15-4-2-7-17(24)10-15/h2,4,7-12,16,30H,3,5-6,13H2,1H3,(H,25,31)(H,26,29). The molecule has 2 amide bonds. The van der Waals surface area contributed by atoms with Gasteiger partial charge < -0.3 is 15.7 Å². The van der Waals surface area contributed by atoms with Crippen LogP contribution < -0.4 is 10.6 Å². The van der Waals surface area contributed by atoms with Crippen LogP contribution in [0.2, 0.25) is 0 Å². The summed E-state index contributed by atoms with van der Waals surface area (Å²) in [5.41, 5.74) is 2.83. The summed E-state index contributed by atoms with van der Waals surface area (Å²) in [5.74, 6) is -0.418. The first-order valence-electron chi connectivity index (χ1n) is 10.1. The van der Waals surface area contributed by atoms with Gasteiger partial charge in [0.25, 0.3) is 0 Å². The van der Waals surface area contributed by atoms with E-state index in [9.17, 15) is 19.1 Å². The predicted octanol–water partition coefficient (Wildman–Crippen LogP) is 4.38. The van der Waals surface area contributed by atoms with E-state index in [4.69, 9.17) is 0 Å². The maximum Gasteiger partial charge on any atom is 0.342 e. The minimum Gasteiger partial charge on any atom is -0.507 e. The molecule has 1 saturated carbocycles. The number of benzene rings is 2. The van der Waals surface area contributed by atoms with E-state index in [1.54, 1.807) is 24.3 Å². The van der Waals surface area contributed by atoms with Crippen molar-refractivity contribution in [1.82, 2.24) is 15.1 Å². The van der Waals surface area contributed by atoms with Gasteiger partial charge in [-0.15, -0.1) is 0 Å². The molecule has 160 valence electrons. The molecule has 1 aliphatic carbocycles. The highest BCUT2D eigenvalue weighted by Crippen LogP contribution is 2.39. The van der Waals surface area contributed by atoms with Crippen molar-refractivity contribution in [1.29, 1.82) is 0 Å². The monoisotopic (exact) mass is 422 g/mol. The fraction of sp³-hybridized carbons (Fsp3) is 0.261. The number of hydrogen-bond donors (Lipinski definition) is 3. The van der Waals surface area contributed by atoms with Gasteiger partial charge in [0.1, 0.15) is 11.6 Å². The molecule has 1 aromatic heterocycles. The van der Waals surface area contributed by atoms with Crippen molar-refractivity contribution in [3.8, 4) is 17.0 Å². The lowest BCUT2D eigenvalue weighted by Gasteiger charge is -2.25. The minimum absolute atomic E-state index is 0.0452. The lowest BCUT2D eigenvalue weighted by Crippen LogP contribution is -2.31. The Morgan fingerprint density at radius 1 is 1.19 bits per heavy atom. The zero-order chi connectivity index (χ0) is 22.0. The normalized spacial score (nSPS) is 13.5. The Labute approximate surface area is 178 Å². The van der Waals surface area contributed by atoms with Crippen LogP contribution in [0, 0.1) is 5.82 Å². The molecule has 1 heterocycles. The Morgan fingerprint density at radius 3 is 2.65 bits per heavy atom. The number of hydrogen-bond acceptors (Lipinski definition) is 4. The van der Waals surface area contributed by atoms with Crippen molar-refractivity contribution >= 4 is 17.6 Å². The van der Waals surface area contributed by atoms with Crippen LogP contribution in [-0.2, 0) is 11.3 Å². The lowest BCUT2D eigenvalue weighted by atomic mass is 9.82. The second-order valence-electron chi connectivity index (χ2n) is 7.70. The summed E-state index contributed by atoms with van der Waals surface area (Å²) in [6, 6.07) is 12.2. The Kier molecular flexibility index (Phi) is 5.70. The van der Waals surface area contributed by atoms with E-state index in [0.717, 1.165) is 25.0 Å². The van der Waals surface area contributed by atoms with Crippen molar-refractivity contribution in [3.05, 3.63) is 65.6 Å². The number of amides is 2. The van der Waals surface area contributed by atoms with Gasteiger partial charge in [-0.2, -0.15) is 9.78 Å². The predicted molar refractivity (Wildman–Crippen MR) is 114 cm³/mol. The molecule has 0 bridgehead atoms. The molecule has 2 aromatic carbocycles. The molecule has 0 unspecified atom stereocenters. The topological polar surface area (TPSA) is 96.3 Å². The van der Waals surface area contributed by atoms with Crippen LogP contribution in [0.5, 0.6) is 5.75 Å². The van der Waals surface area contributed by atoms with Gasteiger partial charge in [0, 0.05) is 36.7 Å². The number of aromatic nitrogens is 2. The summed E-state index contributed by atoms with van der Waals surface area (Å²) in [5, 5.41) is 20.3. The Hall–Kier alpha value is -3.68.